The third kappa shape index (κ3) is 3.54. The summed E-state index contributed by atoms with van der Waals surface area (Å²) in [7, 11) is 0. The topological polar surface area (TPSA) is 72.2 Å². The predicted octanol–water partition coefficient (Wildman–Crippen LogP) is 3.90. The first kappa shape index (κ1) is 15.4. The fourth-order valence-corrected chi connectivity index (χ4v) is 2.24. The van der Waals surface area contributed by atoms with Gasteiger partial charge in [-0.15, -0.1) is 0 Å². The summed E-state index contributed by atoms with van der Waals surface area (Å²) in [5, 5.41) is 13.6. The number of carbonyl (C=O) groups is 1. The Hall–Kier alpha value is -2.03. The molecule has 5 nitrogen and oxygen atoms in total. The Morgan fingerprint density at radius 3 is 2.48 bits per heavy atom. The van der Waals surface area contributed by atoms with Crippen LogP contribution in [-0.4, -0.2) is 10.8 Å². The van der Waals surface area contributed by atoms with Crippen molar-refractivity contribution in [1.82, 2.24) is 0 Å². The quantitative estimate of drug-likeness (QED) is 0.483. The van der Waals surface area contributed by atoms with Gasteiger partial charge in [-0.1, -0.05) is 0 Å². The lowest BCUT2D eigenvalue weighted by molar-refractivity contribution is -0.385. The summed E-state index contributed by atoms with van der Waals surface area (Å²) in [6.45, 7) is 1.39. The van der Waals surface area contributed by atoms with E-state index in [1.54, 1.807) is 24.3 Å². The molecule has 0 aliphatic rings. The molecule has 7 heteroatoms. The van der Waals surface area contributed by atoms with Crippen molar-refractivity contribution in [3.05, 3.63) is 67.0 Å². The molecule has 0 radical (unpaired) electrons. The largest absolute Gasteiger partial charge is 0.322 e. The monoisotopic (exact) mass is 400 g/mol. The third-order valence-corrected chi connectivity index (χ3v) is 3.51. The van der Waals surface area contributed by atoms with E-state index in [1.807, 2.05) is 0 Å². The summed E-state index contributed by atoms with van der Waals surface area (Å²) < 4.78 is 14.4. The van der Waals surface area contributed by atoms with Gasteiger partial charge in [-0.2, -0.15) is 0 Å². The summed E-state index contributed by atoms with van der Waals surface area (Å²) >= 11 is 2.11. The lowest BCUT2D eigenvalue weighted by Gasteiger charge is -2.08. The fraction of sp³-hybridized carbons (Fsp3) is 0.0714. The number of halogens is 2. The van der Waals surface area contributed by atoms with Crippen molar-refractivity contribution in [3.8, 4) is 0 Å². The number of hydrogen-bond acceptors (Lipinski definition) is 3. The van der Waals surface area contributed by atoms with Gasteiger partial charge >= 0.3 is 0 Å². The van der Waals surface area contributed by atoms with Gasteiger partial charge in [0.1, 0.15) is 11.4 Å². The Labute approximate surface area is 133 Å². The minimum Gasteiger partial charge on any atom is -0.322 e. The molecule has 0 fully saturated rings. The van der Waals surface area contributed by atoms with Crippen LogP contribution >= 0.6 is 22.6 Å². The Balaban J connectivity index is 2.39. The summed E-state index contributed by atoms with van der Waals surface area (Å²) in [5.74, 6) is -1.41. The van der Waals surface area contributed by atoms with E-state index in [2.05, 4.69) is 27.9 Å². The molecule has 21 heavy (non-hydrogen) atoms. The number of anilines is 1. The van der Waals surface area contributed by atoms with Crippen LogP contribution in [0.1, 0.15) is 15.9 Å². The molecule has 2 aromatic carbocycles. The number of hydrogen-bond donors (Lipinski definition) is 1. The first-order valence-corrected chi connectivity index (χ1v) is 6.98. The average molecular weight is 400 g/mol. The van der Waals surface area contributed by atoms with Crippen LogP contribution in [0.25, 0.3) is 0 Å². The van der Waals surface area contributed by atoms with Crippen LogP contribution in [0.15, 0.2) is 36.4 Å². The average Bonchev–Trinajstić information content (AvgIpc) is 2.39. The Bertz CT molecular complexity index is 717. The Morgan fingerprint density at radius 2 is 1.90 bits per heavy atom. The van der Waals surface area contributed by atoms with E-state index < -0.39 is 16.6 Å². The minimum atomic E-state index is -0.717. The molecule has 0 aliphatic heterocycles. The summed E-state index contributed by atoms with van der Waals surface area (Å²) in [4.78, 5) is 22.5. The zero-order valence-corrected chi connectivity index (χ0v) is 13.0. The van der Waals surface area contributed by atoms with Crippen molar-refractivity contribution < 1.29 is 14.1 Å². The first-order valence-electron chi connectivity index (χ1n) is 5.90. The number of amides is 1. The van der Waals surface area contributed by atoms with E-state index in [4.69, 9.17) is 0 Å². The molecular weight excluding hydrogens is 390 g/mol. The van der Waals surface area contributed by atoms with E-state index in [0.29, 0.717) is 5.69 Å². The molecule has 0 saturated heterocycles. The molecular formula is C14H10FIN2O3. The highest BCUT2D eigenvalue weighted by Gasteiger charge is 2.24. The highest BCUT2D eigenvalue weighted by atomic mass is 127. The van der Waals surface area contributed by atoms with Gasteiger partial charge in [0.15, 0.2) is 0 Å². The van der Waals surface area contributed by atoms with Crippen molar-refractivity contribution in [1.29, 1.82) is 0 Å². The van der Waals surface area contributed by atoms with Crippen LogP contribution in [0.5, 0.6) is 0 Å². The van der Waals surface area contributed by atoms with Gasteiger partial charge in [0, 0.05) is 14.8 Å². The second kappa shape index (κ2) is 6.17. The van der Waals surface area contributed by atoms with Gasteiger partial charge in [-0.3, -0.25) is 14.9 Å². The second-order valence-electron chi connectivity index (χ2n) is 4.34. The summed E-state index contributed by atoms with van der Waals surface area (Å²) in [6, 6.07) is 8.78. The molecule has 108 valence electrons. The SMILES string of the molecule is Cc1cc(F)cc(C(=O)Nc2ccc(I)cc2)c1[N+](=O)[O-]. The van der Waals surface area contributed by atoms with Crippen molar-refractivity contribution in [3.63, 3.8) is 0 Å². The van der Waals surface area contributed by atoms with Crippen molar-refractivity contribution in [2.24, 2.45) is 0 Å². The Kier molecular flexibility index (Phi) is 4.51. The van der Waals surface area contributed by atoms with Gasteiger partial charge in [0.05, 0.1) is 4.92 Å². The zero-order chi connectivity index (χ0) is 15.6. The molecule has 0 aliphatic carbocycles. The normalized spacial score (nSPS) is 10.2. The maximum Gasteiger partial charge on any atom is 0.285 e. The number of benzene rings is 2. The number of nitro groups is 1. The van der Waals surface area contributed by atoms with Crippen LogP contribution in [0.2, 0.25) is 0 Å². The molecule has 0 saturated carbocycles. The molecule has 2 rings (SSSR count). The molecule has 0 aromatic heterocycles. The molecule has 0 spiro atoms. The van der Waals surface area contributed by atoms with E-state index in [1.165, 1.54) is 6.92 Å². The van der Waals surface area contributed by atoms with Gasteiger partial charge in [-0.25, -0.2) is 4.39 Å². The second-order valence-corrected chi connectivity index (χ2v) is 5.58. The van der Waals surface area contributed by atoms with Gasteiger partial charge in [0.2, 0.25) is 0 Å². The van der Waals surface area contributed by atoms with Crippen molar-refractivity contribution in [2.75, 3.05) is 5.32 Å². The predicted molar refractivity (Wildman–Crippen MR) is 84.9 cm³/mol. The van der Waals surface area contributed by atoms with Crippen LogP contribution in [0.4, 0.5) is 15.8 Å². The lowest BCUT2D eigenvalue weighted by atomic mass is 10.1. The third-order valence-electron chi connectivity index (χ3n) is 2.79. The zero-order valence-electron chi connectivity index (χ0n) is 10.9. The fourth-order valence-electron chi connectivity index (χ4n) is 1.88. The summed E-state index contributed by atoms with van der Waals surface area (Å²) in [6.07, 6.45) is 0. The highest BCUT2D eigenvalue weighted by Crippen LogP contribution is 2.25. The van der Waals surface area contributed by atoms with E-state index in [9.17, 15) is 19.3 Å². The molecule has 1 amide bonds. The molecule has 1 N–H and O–H groups in total. The number of nitro benzene ring substituents is 1. The molecule has 0 unspecified atom stereocenters. The smallest absolute Gasteiger partial charge is 0.285 e. The van der Waals surface area contributed by atoms with Crippen molar-refractivity contribution in [2.45, 2.75) is 6.92 Å². The molecule has 0 atom stereocenters. The van der Waals surface area contributed by atoms with Crippen LogP contribution in [-0.2, 0) is 0 Å². The maximum atomic E-state index is 13.4. The van der Waals surface area contributed by atoms with E-state index >= 15 is 0 Å². The van der Waals surface area contributed by atoms with Crippen molar-refractivity contribution >= 4 is 39.9 Å². The van der Waals surface area contributed by atoms with Gasteiger partial charge in [0.25, 0.3) is 11.6 Å². The highest BCUT2D eigenvalue weighted by molar-refractivity contribution is 14.1. The maximum absolute atomic E-state index is 13.4. The van der Waals surface area contributed by atoms with Crippen LogP contribution < -0.4 is 5.32 Å². The summed E-state index contributed by atoms with van der Waals surface area (Å²) in [5.41, 5.74) is -0.0974. The first-order chi connectivity index (χ1) is 9.88. The number of carbonyl (C=O) groups excluding carboxylic acids is 1. The molecule has 2 aromatic rings. The standard InChI is InChI=1S/C14H10FIN2O3/c1-8-6-9(15)7-12(13(8)18(20)21)14(19)17-11-4-2-10(16)3-5-11/h2-7H,1H3,(H,17,19). The van der Waals surface area contributed by atoms with Gasteiger partial charge < -0.3 is 5.32 Å². The number of rotatable bonds is 3. The van der Waals surface area contributed by atoms with Crippen LogP contribution in [0, 0.1) is 26.4 Å². The lowest BCUT2D eigenvalue weighted by Crippen LogP contribution is -2.15. The Morgan fingerprint density at radius 1 is 1.29 bits per heavy atom. The molecule has 0 bridgehead atoms. The minimum absolute atomic E-state index is 0.104. The van der Waals surface area contributed by atoms with E-state index in [-0.39, 0.29) is 16.8 Å². The number of nitrogens with zero attached hydrogens (tertiary/aromatic N) is 1. The van der Waals surface area contributed by atoms with E-state index in [0.717, 1.165) is 15.7 Å². The molecule has 0 heterocycles. The number of nitrogens with one attached hydrogen (secondary N) is 1. The number of aryl methyl sites for hydroxylation is 1. The van der Waals surface area contributed by atoms with Gasteiger partial charge in [-0.05, 0) is 65.9 Å². The van der Waals surface area contributed by atoms with Crippen LogP contribution in [0.3, 0.4) is 0 Å².